The van der Waals surface area contributed by atoms with Crippen molar-refractivity contribution in [1.29, 1.82) is 0 Å². The van der Waals surface area contributed by atoms with E-state index in [4.69, 9.17) is 4.52 Å². The van der Waals surface area contributed by atoms with Crippen LogP contribution in [0.4, 0.5) is 14.5 Å². The van der Waals surface area contributed by atoms with Crippen LogP contribution in [0.1, 0.15) is 18.1 Å². The molecular weight excluding hydrogens is 450 g/mol. The summed E-state index contributed by atoms with van der Waals surface area (Å²) in [4.78, 5) is 21.9. The third-order valence-corrected chi connectivity index (χ3v) is 6.79. The first-order chi connectivity index (χ1) is 14.6. The van der Waals surface area contributed by atoms with E-state index >= 15 is 0 Å². The van der Waals surface area contributed by atoms with Crippen LogP contribution in [0.15, 0.2) is 50.0 Å². The van der Waals surface area contributed by atoms with Crippen LogP contribution in [0.2, 0.25) is 0 Å². The Morgan fingerprint density at radius 2 is 1.97 bits per heavy atom. The monoisotopic (exact) mass is 464 g/mol. The Labute approximate surface area is 182 Å². The average molecular weight is 465 g/mol. The molecule has 0 unspecified atom stereocenters. The van der Waals surface area contributed by atoms with Crippen LogP contribution in [-0.4, -0.2) is 21.0 Å². The minimum absolute atomic E-state index is 0.0425. The molecule has 0 bridgehead atoms. The zero-order valence-electron chi connectivity index (χ0n) is 15.3. The number of hydrogen-bond acceptors (Lipinski definition) is 8. The highest BCUT2D eigenvalue weighted by Gasteiger charge is 2.14. The Kier molecular flexibility index (Phi) is 6.50. The molecule has 0 aliphatic carbocycles. The van der Waals surface area contributed by atoms with E-state index < -0.39 is 23.2 Å². The van der Waals surface area contributed by atoms with E-state index in [-0.39, 0.29) is 18.7 Å². The number of carbonyl (C=O) groups is 1. The van der Waals surface area contributed by atoms with Gasteiger partial charge >= 0.3 is 0 Å². The van der Waals surface area contributed by atoms with Crippen LogP contribution in [0.3, 0.4) is 0 Å². The highest BCUT2D eigenvalue weighted by atomic mass is 32.2. The van der Waals surface area contributed by atoms with Gasteiger partial charge in [-0.15, -0.1) is 22.7 Å². The van der Waals surface area contributed by atoms with E-state index in [1.165, 1.54) is 17.8 Å². The summed E-state index contributed by atoms with van der Waals surface area (Å²) >= 11 is 4.69. The maximum Gasteiger partial charge on any atom is 0.227 e. The van der Waals surface area contributed by atoms with Crippen LogP contribution < -0.4 is 5.32 Å². The number of anilines is 1. The lowest BCUT2D eigenvalue weighted by Crippen LogP contribution is -2.14. The molecule has 11 heteroatoms. The number of thiophene rings is 1. The van der Waals surface area contributed by atoms with E-state index in [0.717, 1.165) is 27.0 Å². The molecule has 154 valence electrons. The second-order valence-corrected chi connectivity index (χ2v) is 9.04. The molecule has 4 rings (SSSR count). The van der Waals surface area contributed by atoms with Gasteiger partial charge in [0.25, 0.3) is 0 Å². The van der Waals surface area contributed by atoms with Crippen molar-refractivity contribution in [3.8, 4) is 10.6 Å². The first-order valence-electron chi connectivity index (χ1n) is 8.76. The van der Waals surface area contributed by atoms with E-state index in [2.05, 4.69) is 20.4 Å². The van der Waals surface area contributed by atoms with Crippen LogP contribution in [-0.2, 0) is 17.0 Å². The first kappa shape index (κ1) is 20.6. The Morgan fingerprint density at radius 1 is 1.13 bits per heavy atom. The number of amides is 1. The van der Waals surface area contributed by atoms with E-state index in [9.17, 15) is 13.6 Å². The summed E-state index contributed by atoms with van der Waals surface area (Å²) in [6, 6.07) is 7.39. The fourth-order valence-corrected chi connectivity index (χ4v) is 4.91. The van der Waals surface area contributed by atoms with E-state index in [1.807, 2.05) is 22.9 Å². The lowest BCUT2D eigenvalue weighted by Gasteiger charge is -2.06. The number of rotatable bonds is 8. The zero-order valence-corrected chi connectivity index (χ0v) is 17.8. The predicted molar refractivity (Wildman–Crippen MR) is 113 cm³/mol. The Hall–Kier alpha value is -2.63. The topological polar surface area (TPSA) is 80.9 Å². The highest BCUT2D eigenvalue weighted by Crippen LogP contribution is 2.31. The van der Waals surface area contributed by atoms with Gasteiger partial charge < -0.3 is 9.84 Å². The standard InChI is InChI=1S/C19H14F2N4O2S3/c20-11-3-1-4-12(21)18(11)24-16(26)6-7-17-23-15(25-27-17)10-30-19-22-13(9-29-19)14-5-2-8-28-14/h1-5,8-9H,6-7,10H2,(H,24,26). The first-order valence-corrected chi connectivity index (χ1v) is 11.5. The number of benzene rings is 1. The van der Waals surface area contributed by atoms with Gasteiger partial charge in [-0.2, -0.15) is 4.98 Å². The smallest absolute Gasteiger partial charge is 0.227 e. The Balaban J connectivity index is 1.27. The van der Waals surface area contributed by atoms with Crippen LogP contribution in [0.25, 0.3) is 10.6 Å². The molecular formula is C19H14F2N4O2S3. The minimum Gasteiger partial charge on any atom is -0.339 e. The van der Waals surface area contributed by atoms with E-state index in [1.54, 1.807) is 22.7 Å². The van der Waals surface area contributed by atoms with Gasteiger partial charge in [0, 0.05) is 18.2 Å². The molecule has 3 heterocycles. The molecule has 0 aliphatic heterocycles. The van der Waals surface area contributed by atoms with Crippen molar-refractivity contribution in [3.05, 3.63) is 64.4 Å². The quantitative estimate of drug-likeness (QED) is 0.352. The fourth-order valence-electron chi connectivity index (χ4n) is 2.48. The van der Waals surface area contributed by atoms with Gasteiger partial charge in [0.2, 0.25) is 11.8 Å². The number of aryl methyl sites for hydroxylation is 1. The van der Waals surface area contributed by atoms with Crippen molar-refractivity contribution >= 4 is 46.0 Å². The summed E-state index contributed by atoms with van der Waals surface area (Å²) < 4.78 is 33.2. The van der Waals surface area contributed by atoms with Crippen LogP contribution in [0, 0.1) is 11.6 Å². The summed E-state index contributed by atoms with van der Waals surface area (Å²) in [6.45, 7) is 0. The molecule has 0 saturated carbocycles. The van der Waals surface area contributed by atoms with Gasteiger partial charge in [0.05, 0.1) is 16.3 Å². The molecule has 30 heavy (non-hydrogen) atoms. The van der Waals surface area contributed by atoms with Crippen molar-refractivity contribution < 1.29 is 18.1 Å². The largest absolute Gasteiger partial charge is 0.339 e. The van der Waals surface area contributed by atoms with Gasteiger partial charge in [-0.25, -0.2) is 13.8 Å². The van der Waals surface area contributed by atoms with Gasteiger partial charge in [-0.05, 0) is 23.6 Å². The number of carbonyl (C=O) groups excluding carboxylic acids is 1. The number of nitrogens with one attached hydrogen (secondary N) is 1. The number of para-hydroxylation sites is 1. The van der Waals surface area contributed by atoms with Crippen LogP contribution >= 0.6 is 34.4 Å². The average Bonchev–Trinajstić information content (AvgIpc) is 3.49. The number of halogens is 2. The maximum atomic E-state index is 13.6. The van der Waals surface area contributed by atoms with Gasteiger partial charge in [-0.3, -0.25) is 4.79 Å². The lowest BCUT2D eigenvalue weighted by atomic mass is 10.2. The second-order valence-electron chi connectivity index (χ2n) is 6.01. The van der Waals surface area contributed by atoms with Crippen molar-refractivity contribution in [2.45, 2.75) is 22.9 Å². The zero-order chi connectivity index (χ0) is 20.9. The third-order valence-electron chi connectivity index (χ3n) is 3.88. The van der Waals surface area contributed by atoms with Crippen molar-refractivity contribution in [1.82, 2.24) is 15.1 Å². The van der Waals surface area contributed by atoms with Gasteiger partial charge in [0.1, 0.15) is 17.3 Å². The number of thiazole rings is 1. The molecule has 6 nitrogen and oxygen atoms in total. The fraction of sp³-hybridized carbons (Fsp3) is 0.158. The normalized spacial score (nSPS) is 11.0. The summed E-state index contributed by atoms with van der Waals surface area (Å²) in [6.07, 6.45) is 0.124. The van der Waals surface area contributed by atoms with Crippen molar-refractivity contribution in [2.24, 2.45) is 0 Å². The molecule has 4 aromatic rings. The minimum atomic E-state index is -0.829. The molecule has 1 N–H and O–H groups in total. The molecule has 1 aromatic carbocycles. The molecule has 0 atom stereocenters. The molecule has 0 fully saturated rings. The van der Waals surface area contributed by atoms with E-state index in [0.29, 0.717) is 11.6 Å². The highest BCUT2D eigenvalue weighted by molar-refractivity contribution is 8.00. The summed E-state index contributed by atoms with van der Waals surface area (Å²) in [7, 11) is 0. The second kappa shape index (κ2) is 9.45. The number of hydrogen-bond donors (Lipinski definition) is 1. The molecule has 1 amide bonds. The van der Waals surface area contributed by atoms with Gasteiger partial charge in [0.15, 0.2) is 10.2 Å². The van der Waals surface area contributed by atoms with Crippen molar-refractivity contribution in [3.63, 3.8) is 0 Å². The Bertz CT molecular complexity index is 1120. The van der Waals surface area contributed by atoms with Gasteiger partial charge in [-0.1, -0.05) is 29.1 Å². The SMILES string of the molecule is O=C(CCc1nc(CSc2nc(-c3cccs3)cs2)no1)Nc1c(F)cccc1F. The molecule has 0 aliphatic rings. The number of thioether (sulfide) groups is 1. The summed E-state index contributed by atoms with van der Waals surface area (Å²) in [5, 5.41) is 10.1. The summed E-state index contributed by atoms with van der Waals surface area (Å²) in [5.74, 6) is -0.948. The molecule has 0 radical (unpaired) electrons. The number of nitrogens with zero attached hydrogens (tertiary/aromatic N) is 3. The maximum absolute atomic E-state index is 13.6. The molecule has 3 aromatic heterocycles. The third kappa shape index (κ3) is 5.10. The predicted octanol–water partition coefficient (Wildman–Crippen LogP) is 5.40. The van der Waals surface area contributed by atoms with Crippen LogP contribution in [0.5, 0.6) is 0 Å². The summed E-state index contributed by atoms with van der Waals surface area (Å²) in [5.41, 5.74) is 0.485. The molecule has 0 spiro atoms. The number of aromatic nitrogens is 3. The van der Waals surface area contributed by atoms with Crippen molar-refractivity contribution in [2.75, 3.05) is 5.32 Å². The Morgan fingerprint density at radius 3 is 2.73 bits per heavy atom. The lowest BCUT2D eigenvalue weighted by molar-refractivity contribution is -0.116. The molecule has 0 saturated heterocycles.